The molecule has 1 unspecified atom stereocenters. The lowest BCUT2D eigenvalue weighted by Gasteiger charge is -2.06. The Morgan fingerprint density at radius 3 is 2.53 bits per heavy atom. The zero-order valence-electron chi connectivity index (χ0n) is 10.00. The van der Waals surface area contributed by atoms with Crippen molar-refractivity contribution in [3.05, 3.63) is 35.4 Å². The van der Waals surface area contributed by atoms with Crippen LogP contribution in [-0.2, 0) is 11.2 Å². The molecule has 0 spiro atoms. The van der Waals surface area contributed by atoms with Gasteiger partial charge in [0.1, 0.15) is 6.04 Å². The summed E-state index contributed by atoms with van der Waals surface area (Å²) in [6.45, 7) is 0. The van der Waals surface area contributed by atoms with Crippen molar-refractivity contribution in [1.82, 2.24) is 5.01 Å². The van der Waals surface area contributed by atoms with Gasteiger partial charge in [0, 0.05) is 14.1 Å². The molecule has 0 aliphatic carbocycles. The van der Waals surface area contributed by atoms with Gasteiger partial charge in [0.15, 0.2) is 0 Å². The van der Waals surface area contributed by atoms with Crippen LogP contribution < -0.4 is 5.73 Å². The van der Waals surface area contributed by atoms with Crippen molar-refractivity contribution in [2.45, 2.75) is 12.5 Å². The molecule has 5 heteroatoms. The van der Waals surface area contributed by atoms with Gasteiger partial charge in [-0.25, -0.2) is 0 Å². The van der Waals surface area contributed by atoms with Gasteiger partial charge in [-0.3, -0.25) is 4.79 Å². The molecule has 5 nitrogen and oxygen atoms in total. The molecule has 0 saturated carbocycles. The molecule has 1 rings (SSSR count). The second kappa shape index (κ2) is 6.00. The van der Waals surface area contributed by atoms with Crippen LogP contribution in [0.2, 0.25) is 0 Å². The zero-order valence-corrected chi connectivity index (χ0v) is 10.00. The van der Waals surface area contributed by atoms with E-state index in [2.05, 4.69) is 5.10 Å². The Labute approximate surface area is 101 Å². The highest BCUT2D eigenvalue weighted by atomic mass is 16.4. The van der Waals surface area contributed by atoms with Gasteiger partial charge < -0.3 is 15.8 Å². The molecule has 0 fully saturated rings. The van der Waals surface area contributed by atoms with Crippen LogP contribution in [0.4, 0.5) is 0 Å². The van der Waals surface area contributed by atoms with E-state index in [4.69, 9.17) is 10.8 Å². The van der Waals surface area contributed by atoms with Crippen molar-refractivity contribution >= 4 is 12.2 Å². The Balaban J connectivity index is 2.65. The number of hydrogen-bond donors (Lipinski definition) is 2. The van der Waals surface area contributed by atoms with Crippen LogP contribution in [0.3, 0.4) is 0 Å². The van der Waals surface area contributed by atoms with Gasteiger partial charge in [0.25, 0.3) is 0 Å². The average Bonchev–Trinajstić information content (AvgIpc) is 2.28. The second-order valence-corrected chi connectivity index (χ2v) is 3.98. The molecule has 1 atom stereocenters. The molecule has 3 N–H and O–H groups in total. The third-order valence-corrected chi connectivity index (χ3v) is 2.19. The highest BCUT2D eigenvalue weighted by molar-refractivity contribution is 5.79. The Bertz CT molecular complexity index is 399. The summed E-state index contributed by atoms with van der Waals surface area (Å²) in [6.07, 6.45) is 2.07. The van der Waals surface area contributed by atoms with E-state index in [1.54, 1.807) is 11.2 Å². The summed E-state index contributed by atoms with van der Waals surface area (Å²) < 4.78 is 0. The molecule has 0 amide bonds. The van der Waals surface area contributed by atoms with Gasteiger partial charge in [-0.05, 0) is 17.5 Å². The van der Waals surface area contributed by atoms with Crippen LogP contribution in [0.1, 0.15) is 11.1 Å². The molecule has 0 aliphatic rings. The van der Waals surface area contributed by atoms with E-state index in [-0.39, 0.29) is 0 Å². The van der Waals surface area contributed by atoms with Crippen molar-refractivity contribution in [3.63, 3.8) is 0 Å². The number of nitrogens with two attached hydrogens (primary N) is 1. The Morgan fingerprint density at radius 1 is 1.47 bits per heavy atom. The Hall–Kier alpha value is -1.88. The topological polar surface area (TPSA) is 78.9 Å². The zero-order chi connectivity index (χ0) is 12.8. The molecular weight excluding hydrogens is 218 g/mol. The maximum atomic E-state index is 10.6. The fraction of sp³-hybridized carbons (Fsp3) is 0.333. The van der Waals surface area contributed by atoms with E-state index in [0.717, 1.165) is 11.1 Å². The Kier molecular flexibility index (Phi) is 4.66. The van der Waals surface area contributed by atoms with Crippen LogP contribution in [0, 0.1) is 0 Å². The third kappa shape index (κ3) is 4.65. The van der Waals surface area contributed by atoms with Gasteiger partial charge in [-0.1, -0.05) is 24.3 Å². The fourth-order valence-corrected chi connectivity index (χ4v) is 1.26. The van der Waals surface area contributed by atoms with Crippen molar-refractivity contribution in [2.24, 2.45) is 10.8 Å². The first kappa shape index (κ1) is 13.2. The summed E-state index contributed by atoms with van der Waals surface area (Å²) in [5, 5.41) is 14.5. The number of nitrogens with zero attached hydrogens (tertiary/aromatic N) is 2. The van der Waals surface area contributed by atoms with E-state index in [1.165, 1.54) is 0 Å². The maximum absolute atomic E-state index is 10.6. The van der Waals surface area contributed by atoms with Crippen LogP contribution in [0.25, 0.3) is 0 Å². The standard InChI is InChI=1S/C12H17N3O2/c1-15(2)14-8-10-5-3-9(4-6-10)7-11(13)12(16)17/h3-6,8,11H,7,13H2,1-2H3,(H,16,17)/b14-8+. The molecule has 1 aromatic carbocycles. The molecule has 92 valence electrons. The second-order valence-electron chi connectivity index (χ2n) is 3.98. The number of hydrogen-bond acceptors (Lipinski definition) is 4. The smallest absolute Gasteiger partial charge is 0.320 e. The van der Waals surface area contributed by atoms with E-state index < -0.39 is 12.0 Å². The Morgan fingerprint density at radius 2 is 2.06 bits per heavy atom. The van der Waals surface area contributed by atoms with Crippen molar-refractivity contribution in [2.75, 3.05) is 14.1 Å². The van der Waals surface area contributed by atoms with Gasteiger partial charge in [-0.15, -0.1) is 0 Å². The lowest BCUT2D eigenvalue weighted by Crippen LogP contribution is -2.32. The lowest BCUT2D eigenvalue weighted by atomic mass is 10.1. The summed E-state index contributed by atoms with van der Waals surface area (Å²) in [6, 6.07) is 6.64. The first-order chi connectivity index (χ1) is 7.99. The lowest BCUT2D eigenvalue weighted by molar-refractivity contribution is -0.138. The predicted molar refractivity (Wildman–Crippen MR) is 67.0 cm³/mol. The maximum Gasteiger partial charge on any atom is 0.320 e. The average molecular weight is 235 g/mol. The molecule has 0 aromatic heterocycles. The molecular formula is C12H17N3O2. The van der Waals surface area contributed by atoms with Crippen molar-refractivity contribution in [3.8, 4) is 0 Å². The third-order valence-electron chi connectivity index (χ3n) is 2.19. The molecule has 0 aliphatic heterocycles. The van der Waals surface area contributed by atoms with Crippen LogP contribution in [-0.4, -0.2) is 42.4 Å². The van der Waals surface area contributed by atoms with E-state index >= 15 is 0 Å². The van der Waals surface area contributed by atoms with E-state index in [0.29, 0.717) is 6.42 Å². The number of carboxylic acid groups (broad SMARTS) is 1. The first-order valence-corrected chi connectivity index (χ1v) is 5.27. The van der Waals surface area contributed by atoms with Gasteiger partial charge in [0.05, 0.1) is 6.21 Å². The SMILES string of the molecule is CN(C)/N=C/c1ccc(CC(N)C(=O)O)cc1. The van der Waals surface area contributed by atoms with E-state index in [9.17, 15) is 4.79 Å². The number of hydrazone groups is 1. The van der Waals surface area contributed by atoms with Crippen molar-refractivity contribution < 1.29 is 9.90 Å². The van der Waals surface area contributed by atoms with Gasteiger partial charge in [-0.2, -0.15) is 5.10 Å². The number of carboxylic acids is 1. The molecule has 0 saturated heterocycles. The van der Waals surface area contributed by atoms with Crippen molar-refractivity contribution in [1.29, 1.82) is 0 Å². The quantitative estimate of drug-likeness (QED) is 0.576. The fourth-order valence-electron chi connectivity index (χ4n) is 1.26. The minimum absolute atomic E-state index is 0.334. The minimum Gasteiger partial charge on any atom is -0.480 e. The van der Waals surface area contributed by atoms with Crippen LogP contribution in [0.5, 0.6) is 0 Å². The normalized spacial score (nSPS) is 12.6. The number of carbonyl (C=O) groups is 1. The largest absolute Gasteiger partial charge is 0.480 e. The molecule has 17 heavy (non-hydrogen) atoms. The summed E-state index contributed by atoms with van der Waals surface area (Å²) in [5.74, 6) is -0.983. The highest BCUT2D eigenvalue weighted by Crippen LogP contribution is 2.05. The number of rotatable bonds is 5. The first-order valence-electron chi connectivity index (χ1n) is 5.27. The molecule has 0 radical (unpaired) electrons. The van der Waals surface area contributed by atoms with Gasteiger partial charge in [0.2, 0.25) is 0 Å². The summed E-state index contributed by atoms with van der Waals surface area (Å²) in [7, 11) is 3.69. The highest BCUT2D eigenvalue weighted by Gasteiger charge is 2.11. The van der Waals surface area contributed by atoms with Crippen LogP contribution in [0.15, 0.2) is 29.4 Å². The molecule has 1 aromatic rings. The van der Waals surface area contributed by atoms with Crippen LogP contribution >= 0.6 is 0 Å². The molecule has 0 heterocycles. The monoisotopic (exact) mass is 235 g/mol. The summed E-state index contributed by atoms with van der Waals surface area (Å²) in [5.41, 5.74) is 7.32. The van der Waals surface area contributed by atoms with E-state index in [1.807, 2.05) is 38.4 Å². The summed E-state index contributed by atoms with van der Waals surface area (Å²) in [4.78, 5) is 10.6. The predicted octanol–water partition coefficient (Wildman–Crippen LogP) is 0.536. The minimum atomic E-state index is -0.983. The number of benzene rings is 1. The summed E-state index contributed by atoms with van der Waals surface area (Å²) >= 11 is 0. The number of aliphatic carboxylic acids is 1. The molecule has 0 bridgehead atoms. The van der Waals surface area contributed by atoms with Gasteiger partial charge >= 0.3 is 5.97 Å².